The molecule has 1 atom stereocenters. The van der Waals surface area contributed by atoms with Gasteiger partial charge in [-0.2, -0.15) is 9.78 Å². The van der Waals surface area contributed by atoms with Gasteiger partial charge in [0.05, 0.1) is 11.8 Å². The molecule has 0 spiro atoms. The summed E-state index contributed by atoms with van der Waals surface area (Å²) < 4.78 is 5.15. The molecule has 1 aromatic rings. The van der Waals surface area contributed by atoms with Crippen LogP contribution < -0.4 is 5.32 Å². The van der Waals surface area contributed by atoms with Crippen LogP contribution in [0.5, 0.6) is 5.75 Å². The molecule has 22 heavy (non-hydrogen) atoms. The maximum atomic E-state index is 12.2. The van der Waals surface area contributed by atoms with Gasteiger partial charge in [0, 0.05) is 7.11 Å². The third kappa shape index (κ3) is 2.07. The molecule has 1 unspecified atom stereocenters. The first-order chi connectivity index (χ1) is 10.3. The van der Waals surface area contributed by atoms with E-state index in [1.807, 2.05) is 13.8 Å². The lowest BCUT2D eigenvalue weighted by atomic mass is 9.89. The summed E-state index contributed by atoms with van der Waals surface area (Å²) in [5.41, 5.74) is -0.213. The van der Waals surface area contributed by atoms with E-state index >= 15 is 0 Å². The van der Waals surface area contributed by atoms with Crippen molar-refractivity contribution in [3.8, 4) is 5.75 Å². The van der Waals surface area contributed by atoms with E-state index in [1.165, 1.54) is 19.4 Å². The average molecular weight is 307 g/mol. The van der Waals surface area contributed by atoms with Crippen LogP contribution in [0.3, 0.4) is 0 Å². The number of amides is 1. The lowest BCUT2D eigenvalue weighted by molar-refractivity contribution is -0.124. The number of carbonyl (C=O) groups excluding carboxylic acids is 1. The number of hydrogen-bond acceptors (Lipinski definition) is 7. The third-order valence-corrected chi connectivity index (χ3v) is 4.09. The maximum absolute atomic E-state index is 12.2. The van der Waals surface area contributed by atoms with Crippen LogP contribution >= 0.6 is 0 Å². The van der Waals surface area contributed by atoms with E-state index in [0.717, 1.165) is 0 Å². The van der Waals surface area contributed by atoms with Gasteiger partial charge in [-0.1, -0.05) is 13.8 Å². The van der Waals surface area contributed by atoms with E-state index in [4.69, 9.17) is 14.5 Å². The van der Waals surface area contributed by atoms with Crippen molar-refractivity contribution in [3.63, 3.8) is 0 Å². The van der Waals surface area contributed by atoms with Gasteiger partial charge < -0.3 is 15.2 Å². The fourth-order valence-electron chi connectivity index (χ4n) is 2.23. The highest BCUT2D eigenvalue weighted by Gasteiger charge is 2.55. The molecule has 0 radical (unpaired) electrons. The van der Waals surface area contributed by atoms with Crippen molar-refractivity contribution in [2.45, 2.75) is 32.3 Å². The van der Waals surface area contributed by atoms with Gasteiger partial charge in [-0.25, -0.2) is 9.98 Å². The minimum absolute atomic E-state index is 0.00961. The lowest BCUT2D eigenvalue weighted by Gasteiger charge is -2.21. The number of carbonyl (C=O) groups is 1. The van der Waals surface area contributed by atoms with Gasteiger partial charge in [0.2, 0.25) is 0 Å². The van der Waals surface area contributed by atoms with Gasteiger partial charge in [0.15, 0.2) is 5.84 Å². The highest BCUT2D eigenvalue weighted by atomic mass is 17.4. The van der Waals surface area contributed by atoms with Crippen molar-refractivity contribution in [1.82, 2.24) is 10.3 Å². The molecule has 8 nitrogen and oxygen atoms in total. The minimum atomic E-state index is -1.43. The van der Waals surface area contributed by atoms with E-state index in [-0.39, 0.29) is 17.6 Å². The van der Waals surface area contributed by atoms with Crippen LogP contribution in [0.25, 0.3) is 0 Å². The van der Waals surface area contributed by atoms with Gasteiger partial charge in [-0.05, 0) is 18.9 Å². The molecule has 0 saturated carbocycles. The van der Waals surface area contributed by atoms with Crippen LogP contribution in [0, 0.1) is 5.92 Å². The Morgan fingerprint density at radius 1 is 1.41 bits per heavy atom. The van der Waals surface area contributed by atoms with Crippen molar-refractivity contribution in [2.24, 2.45) is 10.9 Å². The second-order valence-electron chi connectivity index (χ2n) is 5.73. The zero-order chi connectivity index (χ0) is 16.1. The zero-order valence-corrected chi connectivity index (χ0v) is 12.7. The number of pyridine rings is 1. The highest BCUT2D eigenvalue weighted by Crippen LogP contribution is 2.44. The van der Waals surface area contributed by atoms with E-state index in [9.17, 15) is 9.90 Å². The summed E-state index contributed by atoms with van der Waals surface area (Å²) in [5.74, 6) is -1.40. The second-order valence-corrected chi connectivity index (χ2v) is 5.73. The number of rotatable bonds is 4. The first kappa shape index (κ1) is 14.9. The van der Waals surface area contributed by atoms with Gasteiger partial charge >= 0.3 is 5.97 Å². The standard InChI is InChI=1S/C14H17N3O5/c1-7(2)13(3)12(19)16-11(17-13)10-9(5-8(18)6-15-10)14(20-4)21-22-14/h5-7,18H,1-4H3,(H,16,17,19). The minimum Gasteiger partial charge on any atom is -0.506 e. The number of hydrogen-bond donors (Lipinski definition) is 2. The number of nitrogens with zero attached hydrogens (tertiary/aromatic N) is 2. The molecule has 2 N–H and O–H groups in total. The predicted molar refractivity (Wildman–Crippen MR) is 74.7 cm³/mol. The van der Waals surface area contributed by atoms with Crippen molar-refractivity contribution >= 4 is 11.7 Å². The number of methoxy groups -OCH3 is 1. The highest BCUT2D eigenvalue weighted by molar-refractivity contribution is 6.15. The molecule has 118 valence electrons. The fourth-order valence-corrected chi connectivity index (χ4v) is 2.23. The van der Waals surface area contributed by atoms with Gasteiger partial charge in [0.25, 0.3) is 5.91 Å². The molecule has 2 aliphatic heterocycles. The SMILES string of the molecule is COC1(c2cc(O)cnc2C2=NC(C)(C(C)C)C(=O)N2)OO1. The van der Waals surface area contributed by atoms with E-state index in [2.05, 4.69) is 15.3 Å². The monoisotopic (exact) mass is 307 g/mol. The van der Waals surface area contributed by atoms with Crippen molar-refractivity contribution < 1.29 is 24.4 Å². The van der Waals surface area contributed by atoms with Crippen LogP contribution in [0.2, 0.25) is 0 Å². The number of aliphatic imine (C=N–C) groups is 1. The molecular weight excluding hydrogens is 290 g/mol. The summed E-state index contributed by atoms with van der Waals surface area (Å²) >= 11 is 0. The van der Waals surface area contributed by atoms with Crippen LogP contribution in [-0.4, -0.2) is 34.5 Å². The Kier molecular flexibility index (Phi) is 3.20. The maximum Gasteiger partial charge on any atom is 0.369 e. The summed E-state index contributed by atoms with van der Waals surface area (Å²) in [5, 5.41) is 12.4. The van der Waals surface area contributed by atoms with E-state index in [0.29, 0.717) is 17.1 Å². The van der Waals surface area contributed by atoms with Crippen molar-refractivity contribution in [2.75, 3.05) is 7.11 Å². The van der Waals surface area contributed by atoms with Crippen molar-refractivity contribution in [3.05, 3.63) is 23.5 Å². The Morgan fingerprint density at radius 3 is 2.59 bits per heavy atom. The molecule has 1 fully saturated rings. The van der Waals surface area contributed by atoms with E-state index < -0.39 is 11.5 Å². The molecule has 1 saturated heterocycles. The topological polar surface area (TPSA) is 109 Å². The van der Waals surface area contributed by atoms with Crippen LogP contribution in [0.1, 0.15) is 32.0 Å². The first-order valence-corrected chi connectivity index (χ1v) is 6.85. The number of ether oxygens (including phenoxy) is 1. The summed E-state index contributed by atoms with van der Waals surface area (Å²) in [4.78, 5) is 30.6. The summed E-state index contributed by atoms with van der Waals surface area (Å²) in [7, 11) is 1.40. The Labute approximate surface area is 127 Å². The molecule has 0 aromatic carbocycles. The summed E-state index contributed by atoms with van der Waals surface area (Å²) in [6.45, 7) is 5.60. The molecule has 1 amide bonds. The molecular formula is C14H17N3O5. The molecule has 3 heterocycles. The first-order valence-electron chi connectivity index (χ1n) is 6.85. The largest absolute Gasteiger partial charge is 0.506 e. The molecule has 0 aliphatic carbocycles. The van der Waals surface area contributed by atoms with Crippen molar-refractivity contribution in [1.29, 1.82) is 0 Å². The number of nitrogens with one attached hydrogen (secondary N) is 1. The smallest absolute Gasteiger partial charge is 0.369 e. The van der Waals surface area contributed by atoms with Gasteiger partial charge in [-0.15, -0.1) is 0 Å². The fraction of sp³-hybridized carbons (Fsp3) is 0.500. The zero-order valence-electron chi connectivity index (χ0n) is 12.7. The number of amidine groups is 1. The molecule has 2 aliphatic rings. The van der Waals surface area contributed by atoms with Crippen LogP contribution in [0.4, 0.5) is 0 Å². The average Bonchev–Trinajstić information content (AvgIpc) is 3.21. The van der Waals surface area contributed by atoms with Gasteiger partial charge in [0.1, 0.15) is 17.0 Å². The van der Waals surface area contributed by atoms with Gasteiger partial charge in [-0.3, -0.25) is 4.79 Å². The Bertz CT molecular complexity index is 668. The number of aromatic hydroxyl groups is 1. The van der Waals surface area contributed by atoms with Crippen LogP contribution in [0.15, 0.2) is 17.3 Å². The Hall–Kier alpha value is -2.03. The Balaban J connectivity index is 2.09. The molecule has 3 rings (SSSR count). The summed E-state index contributed by atoms with van der Waals surface area (Å²) in [6.07, 6.45) is 1.25. The Morgan fingerprint density at radius 2 is 2.09 bits per heavy atom. The second kappa shape index (κ2) is 4.73. The number of aromatic nitrogens is 1. The normalized spacial score (nSPS) is 26.0. The molecule has 8 heteroatoms. The molecule has 0 bridgehead atoms. The van der Waals surface area contributed by atoms with E-state index in [1.54, 1.807) is 6.92 Å². The van der Waals surface area contributed by atoms with Crippen LogP contribution in [-0.2, 0) is 25.3 Å². The molecule has 1 aromatic heterocycles. The lowest BCUT2D eigenvalue weighted by Crippen LogP contribution is -2.41. The quantitative estimate of drug-likeness (QED) is 0.629. The summed E-state index contributed by atoms with van der Waals surface area (Å²) in [6, 6.07) is 1.40. The third-order valence-electron chi connectivity index (χ3n) is 4.09. The predicted octanol–water partition coefficient (Wildman–Crippen LogP) is 0.797.